The maximum Gasteiger partial charge on any atom is 0.433 e. The third-order valence-electron chi connectivity index (χ3n) is 2.61. The summed E-state index contributed by atoms with van der Waals surface area (Å²) in [4.78, 5) is 0. The molecular formula is C12H11F4N3. The summed E-state index contributed by atoms with van der Waals surface area (Å²) in [6, 6.07) is 5.17. The van der Waals surface area contributed by atoms with Crippen LogP contribution in [-0.4, -0.2) is 16.3 Å². The van der Waals surface area contributed by atoms with Crippen molar-refractivity contribution in [1.82, 2.24) is 9.78 Å². The van der Waals surface area contributed by atoms with E-state index in [1.807, 2.05) is 0 Å². The van der Waals surface area contributed by atoms with Gasteiger partial charge in [-0.2, -0.15) is 18.3 Å². The molecule has 0 saturated carbocycles. The van der Waals surface area contributed by atoms with E-state index >= 15 is 0 Å². The number of aromatic nitrogens is 2. The van der Waals surface area contributed by atoms with Crippen molar-refractivity contribution in [3.8, 4) is 5.69 Å². The van der Waals surface area contributed by atoms with Crippen LogP contribution in [0.2, 0.25) is 0 Å². The van der Waals surface area contributed by atoms with Crippen LogP contribution in [0.15, 0.2) is 30.5 Å². The number of benzene rings is 1. The molecule has 0 aliphatic rings. The van der Waals surface area contributed by atoms with Gasteiger partial charge in [-0.25, -0.2) is 9.07 Å². The molecule has 0 aliphatic heterocycles. The van der Waals surface area contributed by atoms with Crippen LogP contribution in [0, 0.1) is 5.82 Å². The molecule has 2 aromatic rings. The van der Waals surface area contributed by atoms with Gasteiger partial charge in [0.2, 0.25) is 0 Å². The number of halogens is 4. The molecule has 0 fully saturated rings. The van der Waals surface area contributed by atoms with E-state index in [1.165, 1.54) is 18.2 Å². The van der Waals surface area contributed by atoms with Gasteiger partial charge in [0.05, 0.1) is 6.20 Å². The summed E-state index contributed by atoms with van der Waals surface area (Å²) in [6.07, 6.45) is -3.52. The van der Waals surface area contributed by atoms with E-state index in [4.69, 9.17) is 5.73 Å². The number of rotatable bonds is 3. The van der Waals surface area contributed by atoms with Crippen LogP contribution in [0.1, 0.15) is 11.3 Å². The quantitative estimate of drug-likeness (QED) is 0.873. The van der Waals surface area contributed by atoms with Gasteiger partial charge in [-0.15, -0.1) is 0 Å². The third kappa shape index (κ3) is 2.60. The first-order valence-corrected chi connectivity index (χ1v) is 5.54. The average molecular weight is 273 g/mol. The fraction of sp³-hybridized carbons (Fsp3) is 0.250. The molecule has 0 aliphatic carbocycles. The molecule has 1 aromatic carbocycles. The molecule has 0 atom stereocenters. The normalized spacial score (nSPS) is 11.8. The van der Waals surface area contributed by atoms with E-state index in [-0.39, 0.29) is 24.2 Å². The molecule has 3 nitrogen and oxygen atoms in total. The van der Waals surface area contributed by atoms with Crippen molar-refractivity contribution < 1.29 is 17.6 Å². The minimum atomic E-state index is -4.62. The summed E-state index contributed by atoms with van der Waals surface area (Å²) in [7, 11) is 0. The molecule has 0 unspecified atom stereocenters. The van der Waals surface area contributed by atoms with Gasteiger partial charge in [0, 0.05) is 5.56 Å². The van der Waals surface area contributed by atoms with Crippen LogP contribution < -0.4 is 5.73 Å². The van der Waals surface area contributed by atoms with E-state index in [9.17, 15) is 17.6 Å². The molecule has 0 spiro atoms. The van der Waals surface area contributed by atoms with Crippen molar-refractivity contribution in [3.05, 3.63) is 47.5 Å². The van der Waals surface area contributed by atoms with Crippen LogP contribution in [0.5, 0.6) is 0 Å². The molecule has 0 bridgehead atoms. The fourth-order valence-corrected chi connectivity index (χ4v) is 1.83. The minimum Gasteiger partial charge on any atom is -0.330 e. The average Bonchev–Trinajstić information content (AvgIpc) is 2.73. The Kier molecular flexibility index (Phi) is 3.57. The van der Waals surface area contributed by atoms with E-state index < -0.39 is 17.7 Å². The van der Waals surface area contributed by atoms with Gasteiger partial charge < -0.3 is 5.73 Å². The largest absolute Gasteiger partial charge is 0.433 e. The summed E-state index contributed by atoms with van der Waals surface area (Å²) in [5, 5.41) is 3.63. The molecule has 7 heteroatoms. The van der Waals surface area contributed by atoms with Gasteiger partial charge in [0.1, 0.15) is 11.5 Å². The second kappa shape index (κ2) is 5.00. The van der Waals surface area contributed by atoms with Crippen LogP contribution in [0.3, 0.4) is 0 Å². The Bertz CT molecular complexity index is 575. The van der Waals surface area contributed by atoms with Crippen molar-refractivity contribution in [2.24, 2.45) is 5.73 Å². The first kappa shape index (κ1) is 13.5. The predicted molar refractivity (Wildman–Crippen MR) is 61.3 cm³/mol. The molecule has 102 valence electrons. The van der Waals surface area contributed by atoms with E-state index in [1.54, 1.807) is 0 Å². The minimum absolute atomic E-state index is 0.0310. The lowest BCUT2D eigenvalue weighted by Crippen LogP contribution is -2.17. The predicted octanol–water partition coefficient (Wildman–Crippen LogP) is 2.53. The second-order valence-electron chi connectivity index (χ2n) is 3.92. The lowest BCUT2D eigenvalue weighted by molar-refractivity contribution is -0.143. The summed E-state index contributed by atoms with van der Waals surface area (Å²) in [5.41, 5.74) is 4.01. The summed E-state index contributed by atoms with van der Waals surface area (Å²) in [6.45, 7) is 0.0616. The molecule has 0 radical (unpaired) electrons. The van der Waals surface area contributed by atoms with Crippen molar-refractivity contribution in [2.75, 3.05) is 6.54 Å². The molecule has 19 heavy (non-hydrogen) atoms. The van der Waals surface area contributed by atoms with Gasteiger partial charge >= 0.3 is 6.18 Å². The zero-order chi connectivity index (χ0) is 14.0. The Morgan fingerprint density at radius 3 is 2.47 bits per heavy atom. The molecule has 1 aromatic heterocycles. The molecule has 1 heterocycles. The highest BCUT2D eigenvalue weighted by molar-refractivity contribution is 5.37. The third-order valence-corrected chi connectivity index (χ3v) is 2.61. The Labute approximate surface area is 106 Å². The summed E-state index contributed by atoms with van der Waals surface area (Å²) < 4.78 is 53.3. The highest BCUT2D eigenvalue weighted by Crippen LogP contribution is 2.34. The van der Waals surface area contributed by atoms with E-state index in [0.29, 0.717) is 4.68 Å². The lowest BCUT2D eigenvalue weighted by Gasteiger charge is -2.13. The summed E-state index contributed by atoms with van der Waals surface area (Å²) in [5.74, 6) is -0.768. The standard InChI is InChI=1S/C12H11F4N3/c13-9-3-1-2-4-10(9)19-11(12(14,15)16)8(5-6-17)7-18-19/h1-4,7H,5-6,17H2. The Balaban J connectivity index is 2.62. The maximum absolute atomic E-state index is 13.6. The number of alkyl halides is 3. The molecule has 0 amide bonds. The first-order valence-electron chi connectivity index (χ1n) is 5.54. The van der Waals surface area contributed by atoms with Crippen molar-refractivity contribution in [3.63, 3.8) is 0 Å². The van der Waals surface area contributed by atoms with Gasteiger partial charge in [-0.1, -0.05) is 12.1 Å². The van der Waals surface area contributed by atoms with Crippen LogP contribution >= 0.6 is 0 Å². The van der Waals surface area contributed by atoms with E-state index in [0.717, 1.165) is 12.3 Å². The number of nitrogens with zero attached hydrogens (tertiary/aromatic N) is 2. The van der Waals surface area contributed by atoms with Crippen molar-refractivity contribution >= 4 is 0 Å². The first-order chi connectivity index (χ1) is 8.95. The van der Waals surface area contributed by atoms with Gasteiger partial charge in [-0.05, 0) is 25.1 Å². The molecule has 2 rings (SSSR count). The highest BCUT2D eigenvalue weighted by atomic mass is 19.4. The van der Waals surface area contributed by atoms with Crippen LogP contribution in [-0.2, 0) is 12.6 Å². The second-order valence-corrected chi connectivity index (χ2v) is 3.92. The zero-order valence-corrected chi connectivity index (χ0v) is 9.78. The van der Waals surface area contributed by atoms with Gasteiger partial charge in [0.25, 0.3) is 0 Å². The number of hydrogen-bond donors (Lipinski definition) is 1. The smallest absolute Gasteiger partial charge is 0.330 e. The SMILES string of the molecule is NCCc1cnn(-c2ccccc2F)c1C(F)(F)F. The fourth-order valence-electron chi connectivity index (χ4n) is 1.83. The highest BCUT2D eigenvalue weighted by Gasteiger charge is 2.38. The Morgan fingerprint density at radius 2 is 1.89 bits per heavy atom. The van der Waals surface area contributed by atoms with Crippen molar-refractivity contribution in [1.29, 1.82) is 0 Å². The number of hydrogen-bond acceptors (Lipinski definition) is 2. The topological polar surface area (TPSA) is 43.8 Å². The monoisotopic (exact) mass is 273 g/mol. The van der Waals surface area contributed by atoms with Crippen molar-refractivity contribution in [2.45, 2.75) is 12.6 Å². The molecule has 2 N–H and O–H groups in total. The molecular weight excluding hydrogens is 262 g/mol. The molecule has 0 saturated heterocycles. The van der Waals surface area contributed by atoms with E-state index in [2.05, 4.69) is 5.10 Å². The Morgan fingerprint density at radius 1 is 1.21 bits per heavy atom. The summed E-state index contributed by atoms with van der Waals surface area (Å²) >= 11 is 0. The van der Waals surface area contributed by atoms with Gasteiger partial charge in [0.15, 0.2) is 5.69 Å². The lowest BCUT2D eigenvalue weighted by atomic mass is 10.1. The van der Waals surface area contributed by atoms with Crippen LogP contribution in [0.25, 0.3) is 5.69 Å². The Hall–Kier alpha value is -1.89. The maximum atomic E-state index is 13.6. The van der Waals surface area contributed by atoms with Gasteiger partial charge in [-0.3, -0.25) is 0 Å². The number of para-hydroxylation sites is 1. The zero-order valence-electron chi connectivity index (χ0n) is 9.78. The number of nitrogens with two attached hydrogens (primary N) is 1. The van der Waals surface area contributed by atoms with Crippen LogP contribution in [0.4, 0.5) is 17.6 Å².